The minimum atomic E-state index is -1.65. The van der Waals surface area contributed by atoms with Gasteiger partial charge < -0.3 is 15.7 Å². The summed E-state index contributed by atoms with van der Waals surface area (Å²) >= 11 is 0. The number of nitrogens with one attached hydrogen (secondary N) is 2. The summed E-state index contributed by atoms with van der Waals surface area (Å²) in [6.07, 6.45) is 0.728. The van der Waals surface area contributed by atoms with Gasteiger partial charge in [-0.25, -0.2) is 22.8 Å². The van der Waals surface area contributed by atoms with Gasteiger partial charge in [-0.3, -0.25) is 0 Å². The van der Waals surface area contributed by atoms with Gasteiger partial charge in [-0.05, 0) is 6.42 Å². The van der Waals surface area contributed by atoms with Crippen LogP contribution in [0.25, 0.3) is 0 Å². The minimum absolute atomic E-state index is 0.203. The summed E-state index contributed by atoms with van der Waals surface area (Å²) in [5.74, 6) is -5.78. The van der Waals surface area contributed by atoms with Crippen molar-refractivity contribution in [1.29, 1.82) is 0 Å². The maximum Gasteiger partial charge on any atom is 0.326 e. The molecule has 0 aliphatic carbocycles. The Hall–Kier alpha value is -2.25. The third-order valence-electron chi connectivity index (χ3n) is 2.42. The number of rotatable bonds is 5. The molecule has 1 atom stereocenters. The Bertz CT molecular complexity index is 500. The molecule has 0 unspecified atom stereocenters. The van der Waals surface area contributed by atoms with E-state index in [1.54, 1.807) is 6.92 Å². The maximum atomic E-state index is 12.9. The number of hydrogen-bond acceptors (Lipinski definition) is 2. The molecule has 1 rings (SSSR count). The zero-order valence-corrected chi connectivity index (χ0v) is 10.5. The number of carboxylic acid groups (broad SMARTS) is 1. The van der Waals surface area contributed by atoms with E-state index in [-0.39, 0.29) is 12.1 Å². The molecule has 0 spiro atoms. The number of aliphatic carboxylic acids is 1. The van der Waals surface area contributed by atoms with Gasteiger partial charge in [0.05, 0.1) is 0 Å². The molecule has 0 fully saturated rings. The Morgan fingerprint density at radius 2 is 1.80 bits per heavy atom. The van der Waals surface area contributed by atoms with E-state index in [4.69, 9.17) is 5.11 Å². The first-order valence-corrected chi connectivity index (χ1v) is 5.80. The number of benzene rings is 1. The van der Waals surface area contributed by atoms with E-state index < -0.39 is 35.5 Å². The summed E-state index contributed by atoms with van der Waals surface area (Å²) in [7, 11) is 0. The highest BCUT2D eigenvalue weighted by atomic mass is 19.2. The van der Waals surface area contributed by atoms with Gasteiger partial charge in [-0.2, -0.15) is 0 Å². The van der Waals surface area contributed by atoms with Crippen molar-refractivity contribution in [3.05, 3.63) is 29.6 Å². The van der Waals surface area contributed by atoms with Gasteiger partial charge in [0, 0.05) is 17.8 Å². The molecule has 3 N–H and O–H groups in total. The van der Waals surface area contributed by atoms with Crippen LogP contribution in [-0.2, 0) is 4.79 Å². The largest absolute Gasteiger partial charge is 0.480 e. The first-order valence-electron chi connectivity index (χ1n) is 5.80. The second kappa shape index (κ2) is 6.78. The molecule has 1 aromatic rings. The Kier molecular flexibility index (Phi) is 5.36. The molecule has 0 aromatic heterocycles. The molecular formula is C12H13F3N2O3. The van der Waals surface area contributed by atoms with E-state index in [1.165, 1.54) is 0 Å². The number of carbonyl (C=O) groups excluding carboxylic acids is 1. The highest BCUT2D eigenvalue weighted by Gasteiger charge is 2.19. The van der Waals surface area contributed by atoms with Crippen LogP contribution in [0.2, 0.25) is 0 Å². The number of carboxylic acids is 1. The third kappa shape index (κ3) is 4.15. The highest BCUT2D eigenvalue weighted by Crippen LogP contribution is 2.17. The Balaban J connectivity index is 2.73. The monoisotopic (exact) mass is 290 g/mol. The number of halogens is 3. The van der Waals surface area contributed by atoms with E-state index in [0.29, 0.717) is 18.6 Å². The lowest BCUT2D eigenvalue weighted by atomic mass is 10.2. The molecule has 8 heteroatoms. The molecule has 2 amide bonds. The second-order valence-corrected chi connectivity index (χ2v) is 4.03. The number of urea groups is 1. The lowest BCUT2D eigenvalue weighted by Crippen LogP contribution is -2.42. The lowest BCUT2D eigenvalue weighted by molar-refractivity contribution is -0.139. The highest BCUT2D eigenvalue weighted by molar-refractivity contribution is 5.92. The molecule has 0 saturated heterocycles. The molecule has 20 heavy (non-hydrogen) atoms. The summed E-state index contributed by atoms with van der Waals surface area (Å²) in [6, 6.07) is -0.882. The van der Waals surface area contributed by atoms with Crippen molar-refractivity contribution in [3.8, 4) is 0 Å². The normalized spacial score (nSPS) is 11.8. The van der Waals surface area contributed by atoms with Crippen molar-refractivity contribution < 1.29 is 27.9 Å². The zero-order chi connectivity index (χ0) is 15.3. The zero-order valence-electron chi connectivity index (χ0n) is 10.5. The van der Waals surface area contributed by atoms with Crippen molar-refractivity contribution >= 4 is 17.7 Å². The van der Waals surface area contributed by atoms with Gasteiger partial charge in [0.1, 0.15) is 6.04 Å². The van der Waals surface area contributed by atoms with Crippen LogP contribution < -0.4 is 10.6 Å². The number of anilines is 1. The molecular weight excluding hydrogens is 277 g/mol. The minimum Gasteiger partial charge on any atom is -0.480 e. The Morgan fingerprint density at radius 1 is 1.25 bits per heavy atom. The van der Waals surface area contributed by atoms with Crippen LogP contribution >= 0.6 is 0 Å². The molecule has 110 valence electrons. The topological polar surface area (TPSA) is 78.4 Å². The van der Waals surface area contributed by atoms with Crippen molar-refractivity contribution in [2.75, 3.05) is 5.32 Å². The van der Waals surface area contributed by atoms with Gasteiger partial charge in [0.15, 0.2) is 17.5 Å². The van der Waals surface area contributed by atoms with E-state index in [1.807, 2.05) is 5.32 Å². The van der Waals surface area contributed by atoms with Crippen LogP contribution in [0.1, 0.15) is 19.8 Å². The van der Waals surface area contributed by atoms with Gasteiger partial charge in [-0.1, -0.05) is 13.3 Å². The summed E-state index contributed by atoms with van der Waals surface area (Å²) in [6.45, 7) is 1.74. The molecule has 0 aliphatic heterocycles. The third-order valence-corrected chi connectivity index (χ3v) is 2.42. The van der Waals surface area contributed by atoms with Crippen molar-refractivity contribution in [2.24, 2.45) is 0 Å². The van der Waals surface area contributed by atoms with Gasteiger partial charge in [-0.15, -0.1) is 0 Å². The molecule has 0 aliphatic rings. The number of hydrogen-bond donors (Lipinski definition) is 3. The molecule has 5 nitrogen and oxygen atoms in total. The average Bonchev–Trinajstić information content (AvgIpc) is 2.35. The first kappa shape index (κ1) is 15.8. The van der Waals surface area contributed by atoms with E-state index >= 15 is 0 Å². The fourth-order valence-electron chi connectivity index (χ4n) is 1.50. The Labute approximate surface area is 112 Å². The maximum absolute atomic E-state index is 12.9. The molecule has 0 heterocycles. The van der Waals surface area contributed by atoms with Crippen molar-refractivity contribution in [1.82, 2.24) is 5.32 Å². The predicted molar refractivity (Wildman–Crippen MR) is 64.8 cm³/mol. The Morgan fingerprint density at radius 3 is 2.25 bits per heavy atom. The van der Waals surface area contributed by atoms with Crippen LogP contribution in [0, 0.1) is 17.5 Å². The SMILES string of the molecule is CCC[C@@H](NC(=O)Nc1cc(F)c(F)c(F)c1)C(=O)O. The van der Waals surface area contributed by atoms with E-state index in [2.05, 4.69) is 5.32 Å². The molecule has 0 radical (unpaired) electrons. The summed E-state index contributed by atoms with van der Waals surface area (Å²) in [4.78, 5) is 22.3. The summed E-state index contributed by atoms with van der Waals surface area (Å²) in [5.41, 5.74) is -0.320. The number of carbonyl (C=O) groups is 2. The van der Waals surface area contributed by atoms with Crippen LogP contribution in [0.5, 0.6) is 0 Å². The van der Waals surface area contributed by atoms with E-state index in [9.17, 15) is 22.8 Å². The van der Waals surface area contributed by atoms with Gasteiger partial charge >= 0.3 is 12.0 Å². The summed E-state index contributed by atoms with van der Waals surface area (Å²) in [5, 5.41) is 13.0. The molecule has 1 aromatic carbocycles. The fourth-order valence-corrected chi connectivity index (χ4v) is 1.50. The van der Waals surface area contributed by atoms with Gasteiger partial charge in [0.2, 0.25) is 0 Å². The lowest BCUT2D eigenvalue weighted by Gasteiger charge is -2.14. The smallest absolute Gasteiger partial charge is 0.326 e. The van der Waals surface area contributed by atoms with Gasteiger partial charge in [0.25, 0.3) is 0 Å². The predicted octanol–water partition coefficient (Wildman–Crippen LogP) is 2.48. The van der Waals surface area contributed by atoms with Crippen LogP contribution in [0.3, 0.4) is 0 Å². The fraction of sp³-hybridized carbons (Fsp3) is 0.333. The van der Waals surface area contributed by atoms with Crippen LogP contribution in [0.15, 0.2) is 12.1 Å². The summed E-state index contributed by atoms with van der Waals surface area (Å²) < 4.78 is 38.6. The second-order valence-electron chi connectivity index (χ2n) is 4.03. The van der Waals surface area contributed by atoms with E-state index in [0.717, 1.165) is 0 Å². The number of amides is 2. The van der Waals surface area contributed by atoms with Crippen molar-refractivity contribution in [2.45, 2.75) is 25.8 Å². The van der Waals surface area contributed by atoms with Crippen LogP contribution in [0.4, 0.5) is 23.7 Å². The average molecular weight is 290 g/mol. The molecule has 0 saturated carbocycles. The van der Waals surface area contributed by atoms with Crippen LogP contribution in [-0.4, -0.2) is 23.1 Å². The van der Waals surface area contributed by atoms with Crippen molar-refractivity contribution in [3.63, 3.8) is 0 Å². The standard InChI is InChI=1S/C12H13F3N2O3/c1-2-3-9(11(18)19)17-12(20)16-6-4-7(13)10(15)8(14)5-6/h4-5,9H,2-3H2,1H3,(H,18,19)(H2,16,17,20)/t9-/m1/s1. The molecule has 0 bridgehead atoms. The first-order chi connectivity index (χ1) is 9.35. The quantitative estimate of drug-likeness (QED) is 0.729.